The van der Waals surface area contributed by atoms with Crippen LogP contribution in [-0.2, 0) is 0 Å². The van der Waals surface area contributed by atoms with Gasteiger partial charge in [0.15, 0.2) is 0 Å². The molecule has 3 nitrogen and oxygen atoms in total. The standard InChI is InChI=1S/C15H23ClN2O/c1-18-10-4-3-5-13(18)8-9-17-14-11-12(16)6-7-15(14)19-2/h6-7,11,13,17H,3-5,8-10H2,1-2H3. The van der Waals surface area contributed by atoms with Crippen molar-refractivity contribution in [2.75, 3.05) is 32.6 Å². The quantitative estimate of drug-likeness (QED) is 0.892. The van der Waals surface area contributed by atoms with E-state index in [1.165, 1.54) is 25.8 Å². The van der Waals surface area contributed by atoms with Crippen LogP contribution in [-0.4, -0.2) is 38.2 Å². The summed E-state index contributed by atoms with van der Waals surface area (Å²) in [5.41, 5.74) is 0.980. The van der Waals surface area contributed by atoms with E-state index in [2.05, 4.69) is 17.3 Å². The molecule has 4 heteroatoms. The third-order valence-electron chi connectivity index (χ3n) is 3.88. The van der Waals surface area contributed by atoms with Gasteiger partial charge in [-0.25, -0.2) is 0 Å². The van der Waals surface area contributed by atoms with E-state index in [0.717, 1.165) is 29.4 Å². The zero-order chi connectivity index (χ0) is 13.7. The molecule has 1 aliphatic heterocycles. The maximum atomic E-state index is 6.02. The van der Waals surface area contributed by atoms with Crippen LogP contribution in [0.3, 0.4) is 0 Å². The number of rotatable bonds is 5. The molecule has 0 radical (unpaired) electrons. The lowest BCUT2D eigenvalue weighted by Crippen LogP contribution is -2.37. The molecule has 1 unspecified atom stereocenters. The Morgan fingerprint density at radius 2 is 2.26 bits per heavy atom. The molecule has 0 aromatic heterocycles. The normalized spacial score (nSPS) is 20.3. The number of benzene rings is 1. The molecule has 1 saturated heterocycles. The Kier molecular flexibility index (Phi) is 5.34. The van der Waals surface area contributed by atoms with Gasteiger partial charge >= 0.3 is 0 Å². The second-order valence-electron chi connectivity index (χ2n) is 5.19. The van der Waals surface area contributed by atoms with Crippen LogP contribution in [0.2, 0.25) is 5.02 Å². The van der Waals surface area contributed by atoms with Crippen molar-refractivity contribution < 1.29 is 4.74 Å². The molecule has 1 fully saturated rings. The van der Waals surface area contributed by atoms with Gasteiger partial charge in [0.1, 0.15) is 5.75 Å². The molecule has 1 heterocycles. The Labute approximate surface area is 120 Å². The van der Waals surface area contributed by atoms with E-state index in [4.69, 9.17) is 16.3 Å². The number of hydrogen-bond donors (Lipinski definition) is 1. The predicted octanol–water partition coefficient (Wildman–Crippen LogP) is 3.63. The minimum Gasteiger partial charge on any atom is -0.495 e. The van der Waals surface area contributed by atoms with Crippen LogP contribution >= 0.6 is 11.6 Å². The van der Waals surface area contributed by atoms with Crippen molar-refractivity contribution in [3.63, 3.8) is 0 Å². The van der Waals surface area contributed by atoms with Gasteiger partial charge < -0.3 is 15.0 Å². The van der Waals surface area contributed by atoms with E-state index in [9.17, 15) is 0 Å². The van der Waals surface area contributed by atoms with Crippen LogP contribution in [0.5, 0.6) is 5.75 Å². The first-order chi connectivity index (χ1) is 9.20. The minimum absolute atomic E-state index is 0.700. The monoisotopic (exact) mass is 282 g/mol. The third kappa shape index (κ3) is 4.02. The van der Waals surface area contributed by atoms with Crippen LogP contribution in [0.15, 0.2) is 18.2 Å². The first kappa shape index (κ1) is 14.5. The average molecular weight is 283 g/mol. The molecule has 0 aliphatic carbocycles. The molecule has 2 rings (SSSR count). The van der Waals surface area contributed by atoms with Crippen LogP contribution in [0.4, 0.5) is 5.69 Å². The number of nitrogens with one attached hydrogen (secondary N) is 1. The number of nitrogens with zero attached hydrogens (tertiary/aromatic N) is 1. The minimum atomic E-state index is 0.700. The highest BCUT2D eigenvalue weighted by atomic mass is 35.5. The number of halogens is 1. The van der Waals surface area contributed by atoms with E-state index < -0.39 is 0 Å². The molecule has 1 aliphatic rings. The molecular weight excluding hydrogens is 260 g/mol. The zero-order valence-corrected chi connectivity index (χ0v) is 12.5. The highest BCUT2D eigenvalue weighted by Gasteiger charge is 2.18. The molecule has 0 spiro atoms. The summed E-state index contributed by atoms with van der Waals surface area (Å²) in [6.45, 7) is 2.18. The Hall–Kier alpha value is -0.930. The highest BCUT2D eigenvalue weighted by molar-refractivity contribution is 6.30. The first-order valence-electron chi connectivity index (χ1n) is 6.98. The van der Waals surface area contributed by atoms with Gasteiger partial charge in [0.25, 0.3) is 0 Å². The summed E-state index contributed by atoms with van der Waals surface area (Å²) < 4.78 is 5.33. The van der Waals surface area contributed by atoms with E-state index in [1.54, 1.807) is 7.11 Å². The largest absolute Gasteiger partial charge is 0.495 e. The van der Waals surface area contributed by atoms with Crippen molar-refractivity contribution in [3.05, 3.63) is 23.2 Å². The molecule has 1 atom stereocenters. The number of likely N-dealkylation sites (tertiary alicyclic amines) is 1. The molecule has 0 amide bonds. The van der Waals surface area contributed by atoms with E-state index in [0.29, 0.717) is 6.04 Å². The van der Waals surface area contributed by atoms with Gasteiger partial charge in [-0.2, -0.15) is 0 Å². The third-order valence-corrected chi connectivity index (χ3v) is 4.11. The van der Waals surface area contributed by atoms with Crippen LogP contribution in [0, 0.1) is 0 Å². The fourth-order valence-corrected chi connectivity index (χ4v) is 2.87. The average Bonchev–Trinajstić information content (AvgIpc) is 2.41. The van der Waals surface area contributed by atoms with Crippen LogP contribution in [0.1, 0.15) is 25.7 Å². The van der Waals surface area contributed by atoms with Crippen molar-refractivity contribution in [1.29, 1.82) is 0 Å². The van der Waals surface area contributed by atoms with Crippen molar-refractivity contribution in [2.45, 2.75) is 31.7 Å². The molecule has 0 bridgehead atoms. The topological polar surface area (TPSA) is 24.5 Å². The van der Waals surface area contributed by atoms with Gasteiger partial charge in [0.05, 0.1) is 12.8 Å². The second-order valence-corrected chi connectivity index (χ2v) is 5.63. The van der Waals surface area contributed by atoms with Crippen molar-refractivity contribution in [3.8, 4) is 5.75 Å². The van der Waals surface area contributed by atoms with E-state index >= 15 is 0 Å². The summed E-state index contributed by atoms with van der Waals surface area (Å²) in [6.07, 6.45) is 5.16. The number of hydrogen-bond acceptors (Lipinski definition) is 3. The summed E-state index contributed by atoms with van der Waals surface area (Å²) in [5.74, 6) is 0.849. The number of ether oxygens (including phenoxy) is 1. The maximum Gasteiger partial charge on any atom is 0.142 e. The Morgan fingerprint density at radius 3 is 3.00 bits per heavy atom. The number of piperidine rings is 1. The second kappa shape index (κ2) is 7.01. The van der Waals surface area contributed by atoms with Crippen LogP contribution in [0.25, 0.3) is 0 Å². The van der Waals surface area contributed by atoms with Gasteiger partial charge in [-0.1, -0.05) is 18.0 Å². The van der Waals surface area contributed by atoms with Crippen LogP contribution < -0.4 is 10.1 Å². The van der Waals surface area contributed by atoms with Crippen molar-refractivity contribution in [1.82, 2.24) is 4.90 Å². The van der Waals surface area contributed by atoms with E-state index in [1.807, 2.05) is 18.2 Å². The predicted molar refractivity (Wildman–Crippen MR) is 81.4 cm³/mol. The van der Waals surface area contributed by atoms with Crippen molar-refractivity contribution >= 4 is 17.3 Å². The summed E-state index contributed by atoms with van der Waals surface area (Å²) in [5, 5.41) is 4.17. The fourth-order valence-electron chi connectivity index (χ4n) is 2.70. The number of anilines is 1. The zero-order valence-electron chi connectivity index (χ0n) is 11.8. The van der Waals surface area contributed by atoms with Gasteiger partial charge in [-0.15, -0.1) is 0 Å². The molecular formula is C15H23ClN2O. The van der Waals surface area contributed by atoms with Gasteiger partial charge in [-0.05, 0) is 51.1 Å². The van der Waals surface area contributed by atoms with E-state index in [-0.39, 0.29) is 0 Å². The van der Waals surface area contributed by atoms with Gasteiger partial charge in [0, 0.05) is 17.6 Å². The highest BCUT2D eigenvalue weighted by Crippen LogP contribution is 2.28. The molecule has 19 heavy (non-hydrogen) atoms. The summed E-state index contributed by atoms with van der Waals surface area (Å²) in [4.78, 5) is 2.47. The lowest BCUT2D eigenvalue weighted by atomic mass is 10.0. The summed E-state index contributed by atoms with van der Waals surface area (Å²) in [6, 6.07) is 6.37. The Balaban J connectivity index is 1.86. The molecule has 0 saturated carbocycles. The maximum absolute atomic E-state index is 6.02. The lowest BCUT2D eigenvalue weighted by Gasteiger charge is -2.32. The van der Waals surface area contributed by atoms with Gasteiger partial charge in [-0.3, -0.25) is 0 Å². The number of methoxy groups -OCH3 is 1. The summed E-state index contributed by atoms with van der Waals surface area (Å²) in [7, 11) is 3.91. The molecule has 1 aromatic carbocycles. The smallest absolute Gasteiger partial charge is 0.142 e. The summed E-state index contributed by atoms with van der Waals surface area (Å²) >= 11 is 6.02. The Bertz CT molecular complexity index is 411. The SMILES string of the molecule is COc1ccc(Cl)cc1NCCC1CCCCN1C. The molecule has 1 N–H and O–H groups in total. The first-order valence-corrected chi connectivity index (χ1v) is 7.36. The fraction of sp³-hybridized carbons (Fsp3) is 0.600. The Morgan fingerprint density at radius 1 is 1.42 bits per heavy atom. The lowest BCUT2D eigenvalue weighted by molar-refractivity contribution is 0.179. The van der Waals surface area contributed by atoms with Gasteiger partial charge in [0.2, 0.25) is 0 Å². The van der Waals surface area contributed by atoms with Crippen molar-refractivity contribution in [2.24, 2.45) is 0 Å². The molecule has 1 aromatic rings. The molecule has 106 valence electrons.